The molecule has 0 aliphatic heterocycles. The Kier molecular flexibility index (Phi) is 7.06. The molecule has 10 heteroatoms. The number of hydrogen-bond donors (Lipinski definition) is 3. The Morgan fingerprint density at radius 2 is 1.50 bits per heavy atom. The fourth-order valence-electron chi connectivity index (χ4n) is 3.30. The van der Waals surface area contributed by atoms with E-state index in [9.17, 15) is 14.4 Å². The van der Waals surface area contributed by atoms with Crippen LogP contribution < -0.4 is 16.1 Å². The molecule has 0 saturated heterocycles. The van der Waals surface area contributed by atoms with Crippen molar-refractivity contribution in [1.82, 2.24) is 4.68 Å². The highest BCUT2D eigenvalue weighted by Crippen LogP contribution is 2.25. The summed E-state index contributed by atoms with van der Waals surface area (Å²) in [7, 11) is 0. The number of benzene rings is 3. The number of nitrogens with zero attached hydrogens (tertiary/aromatic N) is 1. The van der Waals surface area contributed by atoms with Gasteiger partial charge in [-0.15, -0.1) is 0 Å². The van der Waals surface area contributed by atoms with Crippen molar-refractivity contribution in [2.45, 2.75) is 6.92 Å². The number of anilines is 2. The quantitative estimate of drug-likeness (QED) is 0.246. The second-order valence-electron chi connectivity index (χ2n) is 7.38. The molecule has 1 aromatic heterocycles. The van der Waals surface area contributed by atoms with E-state index in [2.05, 4.69) is 47.9 Å². The van der Waals surface area contributed by atoms with Gasteiger partial charge in [0.15, 0.2) is 0 Å². The van der Waals surface area contributed by atoms with Gasteiger partial charge in [-0.05, 0) is 79.2 Å². The summed E-state index contributed by atoms with van der Waals surface area (Å²) in [6, 6.07) is 18.8. The molecule has 3 amide bonds. The predicted molar refractivity (Wildman–Crippen MR) is 141 cm³/mol. The van der Waals surface area contributed by atoms with E-state index in [4.69, 9.17) is 11.6 Å². The Morgan fingerprint density at radius 3 is 2.21 bits per heavy atom. The first kappa shape index (κ1) is 24.0. The number of amides is 3. The first-order valence-electron chi connectivity index (χ1n) is 9.97. The van der Waals surface area contributed by atoms with Gasteiger partial charge in [-0.25, -0.2) is 4.68 Å². The van der Waals surface area contributed by atoms with Crippen molar-refractivity contribution >= 4 is 83.5 Å². The van der Waals surface area contributed by atoms with Crippen molar-refractivity contribution in [2.75, 3.05) is 16.1 Å². The van der Waals surface area contributed by atoms with Crippen LogP contribution in [0, 0.1) is 6.92 Å². The summed E-state index contributed by atoms with van der Waals surface area (Å²) in [6.07, 6.45) is 0. The number of carbonyl (C=O) groups is 3. The summed E-state index contributed by atoms with van der Waals surface area (Å²) >= 11 is 12.7. The third kappa shape index (κ3) is 5.32. The van der Waals surface area contributed by atoms with Gasteiger partial charge >= 0.3 is 11.8 Å². The van der Waals surface area contributed by atoms with Crippen LogP contribution >= 0.6 is 43.5 Å². The molecule has 0 aliphatic carbocycles. The fourth-order valence-corrected chi connectivity index (χ4v) is 4.28. The van der Waals surface area contributed by atoms with E-state index in [1.54, 1.807) is 48.5 Å². The van der Waals surface area contributed by atoms with Crippen LogP contribution in [-0.2, 0) is 9.59 Å². The Labute approximate surface area is 216 Å². The van der Waals surface area contributed by atoms with Crippen LogP contribution in [0.4, 0.5) is 11.4 Å². The molecule has 172 valence electrons. The first-order chi connectivity index (χ1) is 16.2. The van der Waals surface area contributed by atoms with Crippen molar-refractivity contribution in [3.8, 4) is 0 Å². The molecule has 0 saturated carbocycles. The summed E-state index contributed by atoms with van der Waals surface area (Å²) in [4.78, 5) is 38.4. The normalized spacial score (nSPS) is 10.7. The number of carbonyl (C=O) groups excluding carboxylic acids is 3. The molecule has 0 atom stereocenters. The molecule has 0 spiro atoms. The molecule has 0 radical (unpaired) electrons. The maximum absolute atomic E-state index is 13.2. The number of fused-ring (bicyclic) bond motifs is 1. The Hall–Kier alpha value is -3.14. The Bertz CT molecular complexity index is 1430. The van der Waals surface area contributed by atoms with Gasteiger partial charge in [0.05, 0.1) is 5.52 Å². The summed E-state index contributed by atoms with van der Waals surface area (Å²) in [5, 5.41) is 6.57. The molecule has 4 aromatic rings. The van der Waals surface area contributed by atoms with Gasteiger partial charge in [0, 0.05) is 30.7 Å². The molecule has 0 bridgehead atoms. The van der Waals surface area contributed by atoms with Crippen LogP contribution in [0.15, 0.2) is 75.7 Å². The zero-order valence-corrected chi connectivity index (χ0v) is 21.6. The largest absolute Gasteiger partial charge is 0.328 e. The summed E-state index contributed by atoms with van der Waals surface area (Å²) in [5.41, 5.74) is 5.13. The minimum absolute atomic E-state index is 0.156. The first-order valence-corrected chi connectivity index (χ1v) is 11.9. The van der Waals surface area contributed by atoms with Crippen molar-refractivity contribution in [3.63, 3.8) is 0 Å². The number of aromatic nitrogens is 1. The zero-order chi connectivity index (χ0) is 24.4. The highest BCUT2D eigenvalue weighted by atomic mass is 79.9. The van der Waals surface area contributed by atoms with Crippen molar-refractivity contribution in [1.29, 1.82) is 0 Å². The van der Waals surface area contributed by atoms with Gasteiger partial charge in [-0.2, -0.15) is 0 Å². The molecule has 0 fully saturated rings. The molecule has 1 heterocycles. The topological polar surface area (TPSA) is 92.2 Å². The third-order valence-corrected chi connectivity index (χ3v) is 6.19. The van der Waals surface area contributed by atoms with Crippen LogP contribution in [0.2, 0.25) is 5.02 Å². The van der Waals surface area contributed by atoms with Crippen molar-refractivity contribution < 1.29 is 14.4 Å². The SMILES string of the molecule is Cc1cc(Br)ccc1NC(=O)c1cc2cc(Br)ccc2n1NC(=O)C(=O)Nc1ccc(Cl)cc1. The molecule has 0 aliphatic rings. The van der Waals surface area contributed by atoms with Gasteiger partial charge in [-0.1, -0.05) is 43.5 Å². The van der Waals surface area contributed by atoms with E-state index >= 15 is 0 Å². The van der Waals surface area contributed by atoms with Crippen molar-refractivity contribution in [2.24, 2.45) is 0 Å². The van der Waals surface area contributed by atoms with Crippen LogP contribution in [0.3, 0.4) is 0 Å². The smallest absolute Gasteiger partial charge is 0.320 e. The molecule has 0 unspecified atom stereocenters. The van der Waals surface area contributed by atoms with Gasteiger partial charge in [-0.3, -0.25) is 19.8 Å². The Balaban J connectivity index is 1.63. The van der Waals surface area contributed by atoms with Crippen LogP contribution in [0.1, 0.15) is 16.1 Å². The van der Waals surface area contributed by atoms with E-state index in [0.717, 1.165) is 14.5 Å². The van der Waals surface area contributed by atoms with E-state index < -0.39 is 17.7 Å². The molecule has 34 heavy (non-hydrogen) atoms. The average Bonchev–Trinajstić information content (AvgIpc) is 3.14. The number of halogens is 3. The Morgan fingerprint density at radius 1 is 0.824 bits per heavy atom. The predicted octanol–water partition coefficient (Wildman–Crippen LogP) is 6.09. The minimum atomic E-state index is -0.941. The third-order valence-electron chi connectivity index (χ3n) is 4.95. The van der Waals surface area contributed by atoms with E-state index in [-0.39, 0.29) is 5.69 Å². The lowest BCUT2D eigenvalue weighted by Gasteiger charge is -2.13. The van der Waals surface area contributed by atoms with Gasteiger partial charge in [0.25, 0.3) is 5.91 Å². The zero-order valence-electron chi connectivity index (χ0n) is 17.7. The molecule has 3 aromatic carbocycles. The molecule has 3 N–H and O–H groups in total. The second kappa shape index (κ2) is 10.0. The lowest BCUT2D eigenvalue weighted by molar-refractivity contribution is -0.133. The van der Waals surface area contributed by atoms with E-state index in [1.165, 1.54) is 4.68 Å². The standard InChI is InChI=1S/C24H17Br2ClN4O3/c1-13-10-15(25)2-8-19(13)29-22(32)21-12-14-11-16(26)3-9-20(14)31(21)30-24(34)23(33)28-18-6-4-17(27)5-7-18/h2-12H,1H3,(H,28,33)(H,29,32)(H,30,34). The second-order valence-corrected chi connectivity index (χ2v) is 9.65. The van der Waals surface area contributed by atoms with Crippen LogP contribution in [0.5, 0.6) is 0 Å². The maximum atomic E-state index is 13.2. The average molecular weight is 605 g/mol. The number of hydrogen-bond acceptors (Lipinski definition) is 3. The minimum Gasteiger partial charge on any atom is -0.320 e. The highest BCUT2D eigenvalue weighted by Gasteiger charge is 2.21. The lowest BCUT2D eigenvalue weighted by Crippen LogP contribution is -2.36. The summed E-state index contributed by atoms with van der Waals surface area (Å²) in [5.74, 6) is -2.28. The monoisotopic (exact) mass is 602 g/mol. The van der Waals surface area contributed by atoms with Crippen molar-refractivity contribution in [3.05, 3.63) is 92.0 Å². The fraction of sp³-hybridized carbons (Fsp3) is 0.0417. The van der Waals surface area contributed by atoms with Gasteiger partial charge in [0.2, 0.25) is 0 Å². The number of aryl methyl sites for hydroxylation is 1. The van der Waals surface area contributed by atoms with Gasteiger partial charge < -0.3 is 10.6 Å². The maximum Gasteiger partial charge on any atom is 0.328 e. The molecule has 7 nitrogen and oxygen atoms in total. The van der Waals surface area contributed by atoms with E-state index in [0.29, 0.717) is 27.3 Å². The van der Waals surface area contributed by atoms with Gasteiger partial charge in [0.1, 0.15) is 5.69 Å². The van der Waals surface area contributed by atoms with Crippen LogP contribution in [0.25, 0.3) is 10.9 Å². The molecular weight excluding hydrogens is 588 g/mol. The number of rotatable bonds is 4. The van der Waals surface area contributed by atoms with Crippen LogP contribution in [-0.4, -0.2) is 22.4 Å². The summed E-state index contributed by atoms with van der Waals surface area (Å²) in [6.45, 7) is 1.87. The highest BCUT2D eigenvalue weighted by molar-refractivity contribution is 9.10. The van der Waals surface area contributed by atoms with E-state index in [1.807, 2.05) is 25.1 Å². The molecular formula is C24H17Br2ClN4O3. The molecule has 4 rings (SSSR count). The summed E-state index contributed by atoms with van der Waals surface area (Å²) < 4.78 is 3.00. The number of nitrogens with one attached hydrogen (secondary N) is 3. The lowest BCUT2D eigenvalue weighted by atomic mass is 10.2.